The van der Waals surface area contributed by atoms with E-state index in [4.69, 9.17) is 0 Å². The van der Waals surface area contributed by atoms with Gasteiger partial charge in [-0.25, -0.2) is 0 Å². The maximum Gasteiger partial charge on any atom is 0.108 e. The molecule has 2 unspecified atom stereocenters. The van der Waals surface area contributed by atoms with Crippen LogP contribution in [0.1, 0.15) is 26.2 Å². The molecule has 0 aromatic carbocycles. The van der Waals surface area contributed by atoms with Crippen molar-refractivity contribution >= 4 is 0 Å². The fourth-order valence-electron chi connectivity index (χ4n) is 2.07. The average molecular weight is 153 g/mol. The molecule has 2 heteroatoms. The number of fused-ring (bicyclic) bond motifs is 2. The second-order valence-corrected chi connectivity index (χ2v) is 3.60. The first-order valence-electron chi connectivity index (χ1n) is 4.77. The van der Waals surface area contributed by atoms with Crippen LogP contribution < -0.4 is 5.32 Å². The van der Waals surface area contributed by atoms with E-state index in [2.05, 4.69) is 17.1 Å². The number of nitrogens with one attached hydrogen (secondary N) is 1. The third-order valence-corrected chi connectivity index (χ3v) is 2.70. The largest absolute Gasteiger partial charge is 0.296 e. The van der Waals surface area contributed by atoms with Gasteiger partial charge in [0, 0.05) is 19.0 Å². The first-order chi connectivity index (χ1) is 5.42. The Hall–Kier alpha value is -0.0800. The molecule has 3 heterocycles. The monoisotopic (exact) mass is 153 g/mol. The Morgan fingerprint density at radius 2 is 2.55 bits per heavy atom. The lowest BCUT2D eigenvalue weighted by atomic mass is 9.85. The number of hydrogen-bond donors (Lipinski definition) is 1. The Morgan fingerprint density at radius 3 is 3.09 bits per heavy atom. The summed E-state index contributed by atoms with van der Waals surface area (Å²) < 4.78 is 0. The van der Waals surface area contributed by atoms with E-state index in [1.54, 1.807) is 0 Å². The lowest BCUT2D eigenvalue weighted by molar-refractivity contribution is 0.0342. The Balaban J connectivity index is 1.77. The van der Waals surface area contributed by atoms with Gasteiger partial charge in [0.05, 0.1) is 0 Å². The van der Waals surface area contributed by atoms with E-state index in [0.717, 1.165) is 12.5 Å². The standard InChI is InChI=1S/C9H17N2/c1-2-5-10-9-8-4-3-6-11(9)7-8/h8,10H,2-7H2,1H3. The van der Waals surface area contributed by atoms with Crippen LogP contribution in [0.25, 0.3) is 0 Å². The van der Waals surface area contributed by atoms with Crippen LogP contribution in [0, 0.1) is 12.1 Å². The summed E-state index contributed by atoms with van der Waals surface area (Å²) in [6, 6.07) is 0. The third kappa shape index (κ3) is 1.30. The number of hydrogen-bond acceptors (Lipinski definition) is 2. The van der Waals surface area contributed by atoms with Crippen molar-refractivity contribution in [3.8, 4) is 0 Å². The van der Waals surface area contributed by atoms with E-state index < -0.39 is 0 Å². The van der Waals surface area contributed by atoms with Gasteiger partial charge in [0.15, 0.2) is 0 Å². The fourth-order valence-corrected chi connectivity index (χ4v) is 2.07. The number of nitrogens with zero attached hydrogens (tertiary/aromatic N) is 1. The highest BCUT2D eigenvalue weighted by molar-refractivity contribution is 5.07. The van der Waals surface area contributed by atoms with Gasteiger partial charge < -0.3 is 0 Å². The quantitative estimate of drug-likeness (QED) is 0.655. The van der Waals surface area contributed by atoms with Crippen molar-refractivity contribution in [2.45, 2.75) is 26.2 Å². The molecule has 3 fully saturated rings. The molecule has 3 saturated heterocycles. The molecule has 0 aliphatic carbocycles. The highest BCUT2D eigenvalue weighted by Gasteiger charge is 2.41. The minimum atomic E-state index is 0.898. The van der Waals surface area contributed by atoms with E-state index in [0.29, 0.717) is 0 Å². The van der Waals surface area contributed by atoms with Crippen molar-refractivity contribution in [3.63, 3.8) is 0 Å². The van der Waals surface area contributed by atoms with E-state index in [1.165, 1.54) is 38.5 Å². The van der Waals surface area contributed by atoms with Crippen LogP contribution in [-0.2, 0) is 0 Å². The van der Waals surface area contributed by atoms with Crippen molar-refractivity contribution in [3.05, 3.63) is 6.17 Å². The van der Waals surface area contributed by atoms with Gasteiger partial charge in [0.2, 0.25) is 0 Å². The molecule has 0 amide bonds. The van der Waals surface area contributed by atoms with Crippen molar-refractivity contribution in [1.29, 1.82) is 0 Å². The molecule has 0 spiro atoms. The van der Waals surface area contributed by atoms with Gasteiger partial charge >= 0.3 is 0 Å². The summed E-state index contributed by atoms with van der Waals surface area (Å²) in [5.74, 6) is 0.898. The van der Waals surface area contributed by atoms with E-state index in [9.17, 15) is 0 Å². The normalized spacial score (nSPS) is 36.8. The molecule has 0 aromatic heterocycles. The lowest BCUT2D eigenvalue weighted by Crippen LogP contribution is -2.59. The number of piperidine rings is 2. The van der Waals surface area contributed by atoms with Crippen LogP contribution in [0.2, 0.25) is 0 Å². The van der Waals surface area contributed by atoms with Crippen LogP contribution >= 0.6 is 0 Å². The van der Waals surface area contributed by atoms with Crippen molar-refractivity contribution in [1.82, 2.24) is 10.2 Å². The Bertz CT molecular complexity index is 122. The lowest BCUT2D eigenvalue weighted by Gasteiger charge is -2.51. The van der Waals surface area contributed by atoms with Crippen molar-refractivity contribution in [2.24, 2.45) is 5.92 Å². The molecule has 2 nitrogen and oxygen atoms in total. The molecule has 2 bridgehead atoms. The summed E-state index contributed by atoms with van der Waals surface area (Å²) in [5.41, 5.74) is 0. The third-order valence-electron chi connectivity index (χ3n) is 2.70. The van der Waals surface area contributed by atoms with Gasteiger partial charge in [0.1, 0.15) is 6.17 Å². The maximum atomic E-state index is 3.51. The molecule has 11 heavy (non-hydrogen) atoms. The zero-order valence-corrected chi connectivity index (χ0v) is 7.27. The van der Waals surface area contributed by atoms with Gasteiger partial charge in [-0.05, 0) is 25.8 Å². The molecular weight excluding hydrogens is 136 g/mol. The topological polar surface area (TPSA) is 15.3 Å². The van der Waals surface area contributed by atoms with Gasteiger partial charge in [-0.1, -0.05) is 6.92 Å². The summed E-state index contributed by atoms with van der Waals surface area (Å²) in [6.45, 7) is 5.99. The fraction of sp³-hybridized carbons (Fsp3) is 0.889. The molecule has 3 aliphatic rings. The highest BCUT2D eigenvalue weighted by Crippen LogP contribution is 2.37. The molecular formula is C9H17N2. The molecule has 2 atom stereocenters. The van der Waals surface area contributed by atoms with Crippen LogP contribution in [0.5, 0.6) is 0 Å². The molecule has 0 aromatic rings. The predicted octanol–water partition coefficient (Wildman–Crippen LogP) is 1.20. The second-order valence-electron chi connectivity index (χ2n) is 3.60. The minimum absolute atomic E-state index is 0.898. The second kappa shape index (κ2) is 3.11. The van der Waals surface area contributed by atoms with Gasteiger partial charge in [-0.2, -0.15) is 0 Å². The highest BCUT2D eigenvalue weighted by atomic mass is 15.3. The van der Waals surface area contributed by atoms with Crippen molar-refractivity contribution in [2.75, 3.05) is 19.6 Å². The first-order valence-corrected chi connectivity index (χ1v) is 4.77. The zero-order valence-electron chi connectivity index (χ0n) is 7.27. The zero-order chi connectivity index (χ0) is 7.68. The Labute approximate surface area is 69.0 Å². The summed E-state index contributed by atoms with van der Waals surface area (Å²) in [7, 11) is 0. The minimum Gasteiger partial charge on any atom is -0.296 e. The Kier molecular flexibility index (Phi) is 2.14. The SMILES string of the molecule is CCCN[C]1C2CCCN1C2. The van der Waals surface area contributed by atoms with E-state index in [1.807, 2.05) is 0 Å². The summed E-state index contributed by atoms with van der Waals surface area (Å²) in [5, 5.41) is 3.51. The van der Waals surface area contributed by atoms with E-state index in [-0.39, 0.29) is 0 Å². The van der Waals surface area contributed by atoms with Crippen molar-refractivity contribution < 1.29 is 0 Å². The molecule has 1 N–H and O–H groups in total. The van der Waals surface area contributed by atoms with E-state index >= 15 is 0 Å². The molecule has 1 radical (unpaired) electrons. The van der Waals surface area contributed by atoms with Crippen LogP contribution in [0.3, 0.4) is 0 Å². The smallest absolute Gasteiger partial charge is 0.108 e. The number of rotatable bonds is 3. The summed E-state index contributed by atoms with van der Waals surface area (Å²) >= 11 is 0. The van der Waals surface area contributed by atoms with Gasteiger partial charge in [-0.15, -0.1) is 0 Å². The van der Waals surface area contributed by atoms with Crippen LogP contribution in [0.4, 0.5) is 0 Å². The summed E-state index contributed by atoms with van der Waals surface area (Å²) in [4.78, 5) is 2.49. The maximum absolute atomic E-state index is 3.51. The molecule has 3 rings (SSSR count). The van der Waals surface area contributed by atoms with Gasteiger partial charge in [0.25, 0.3) is 0 Å². The summed E-state index contributed by atoms with van der Waals surface area (Å²) in [6.07, 6.45) is 5.60. The molecule has 3 aliphatic heterocycles. The molecule has 0 saturated carbocycles. The average Bonchev–Trinajstić information content (AvgIpc) is 2.06. The van der Waals surface area contributed by atoms with Gasteiger partial charge in [-0.3, -0.25) is 10.2 Å². The first kappa shape index (κ1) is 7.56. The van der Waals surface area contributed by atoms with Crippen LogP contribution in [0.15, 0.2) is 0 Å². The van der Waals surface area contributed by atoms with Crippen LogP contribution in [-0.4, -0.2) is 24.5 Å². The molecule has 63 valence electrons. The predicted molar refractivity (Wildman–Crippen MR) is 45.8 cm³/mol. The Morgan fingerprint density at radius 1 is 1.64 bits per heavy atom.